The predicted molar refractivity (Wildman–Crippen MR) is 21.4 cm³/mol. The molecule has 0 nitrogen and oxygen atoms in total. The Labute approximate surface area is 94.1 Å². The van der Waals surface area contributed by atoms with E-state index < -0.39 is 0 Å². The molecule has 0 aliphatic rings. The Hall–Kier alpha value is 2.40. The molecule has 0 heterocycles. The van der Waals surface area contributed by atoms with Crippen molar-refractivity contribution in [2.45, 2.75) is 0 Å². The Morgan fingerprint density at radius 2 is 0.667 bits per heavy atom. The van der Waals surface area contributed by atoms with E-state index in [4.69, 9.17) is 0 Å². The summed E-state index contributed by atoms with van der Waals surface area (Å²) in [4.78, 5) is 0. The molecule has 0 spiro atoms. The Kier molecular flexibility index (Phi) is 700. The zero-order valence-electron chi connectivity index (χ0n) is 1.71. The molecule has 0 rings (SSSR count). The van der Waals surface area contributed by atoms with Gasteiger partial charge < -0.3 is 14.1 Å². The van der Waals surface area contributed by atoms with Gasteiger partial charge in [-0.2, -0.15) is 0 Å². The summed E-state index contributed by atoms with van der Waals surface area (Å²) in [6.07, 6.45) is 0. The van der Waals surface area contributed by atoms with Crippen LogP contribution >= 0.6 is 0 Å². The van der Waals surface area contributed by atoms with Crippen LogP contribution in [0.1, 0.15) is 0 Å². The molecular formula is H3AlF3LiSr. The molecule has 0 aliphatic heterocycles. The third kappa shape index (κ3) is 32.4. The van der Waals surface area contributed by atoms with Gasteiger partial charge in [-0.25, -0.2) is 0 Å². The SMILES string of the molecule is [Al+3].[F-].[F-].[F-].[LiH].[SrH2]. The molecule has 0 unspecified atom stereocenters. The third-order valence-electron chi connectivity index (χ3n) is 0. The molecule has 30 valence electrons. The number of hydrogen-bond acceptors (Lipinski definition) is 0. The van der Waals surface area contributed by atoms with Crippen LogP contribution in [0.2, 0.25) is 0 Å². The predicted octanol–water partition coefficient (Wildman–Crippen LogP) is -10.9. The molecule has 0 fully saturated rings. The number of halogens is 3. The Morgan fingerprint density at radius 3 is 0.667 bits per heavy atom. The van der Waals surface area contributed by atoms with Crippen molar-refractivity contribution in [2.24, 2.45) is 0 Å². The topological polar surface area (TPSA) is 0 Å². The van der Waals surface area contributed by atoms with Crippen molar-refractivity contribution < 1.29 is 14.1 Å². The maximum absolute atomic E-state index is 0. The van der Waals surface area contributed by atoms with Gasteiger partial charge in [0, 0.05) is 0 Å². The summed E-state index contributed by atoms with van der Waals surface area (Å²) in [6.45, 7) is 0. The molecule has 0 bridgehead atoms. The quantitative estimate of drug-likeness (QED) is 0.326. The van der Waals surface area contributed by atoms with E-state index >= 15 is 0 Å². The molecule has 0 aromatic carbocycles. The van der Waals surface area contributed by atoms with E-state index in [9.17, 15) is 0 Å². The van der Waals surface area contributed by atoms with Crippen LogP contribution in [0.5, 0.6) is 0 Å². The molecule has 0 aromatic rings. The first-order valence-corrected chi connectivity index (χ1v) is 0. The summed E-state index contributed by atoms with van der Waals surface area (Å²) >= 11 is 0. The van der Waals surface area contributed by atoms with Gasteiger partial charge in [-0.1, -0.05) is 0 Å². The summed E-state index contributed by atoms with van der Waals surface area (Å²) in [6, 6.07) is 0. The van der Waals surface area contributed by atoms with Crippen LogP contribution in [-0.2, 0) is 0 Å². The summed E-state index contributed by atoms with van der Waals surface area (Å²) in [5.74, 6) is 0. The fraction of sp³-hybridized carbons (Fsp3) is 0. The summed E-state index contributed by atoms with van der Waals surface area (Å²) in [5.41, 5.74) is 0. The van der Waals surface area contributed by atoms with Crippen molar-refractivity contribution >= 4 is 81.7 Å². The molecule has 6 heteroatoms. The first kappa shape index (κ1) is 79.8. The zero-order chi connectivity index (χ0) is 0. The van der Waals surface area contributed by atoms with Crippen molar-refractivity contribution in [1.29, 1.82) is 0 Å². The van der Waals surface area contributed by atoms with Gasteiger partial charge >= 0.3 is 81.7 Å². The van der Waals surface area contributed by atoms with Gasteiger partial charge in [0.25, 0.3) is 0 Å². The second kappa shape index (κ2) is 52.6. The van der Waals surface area contributed by atoms with E-state index in [1.54, 1.807) is 0 Å². The minimum absolute atomic E-state index is 0. The fourth-order valence-corrected chi connectivity index (χ4v) is 0. The van der Waals surface area contributed by atoms with Crippen LogP contribution in [0.3, 0.4) is 0 Å². The molecular weight excluding hydrogens is 179 g/mol. The van der Waals surface area contributed by atoms with Crippen LogP contribution < -0.4 is 14.1 Å². The van der Waals surface area contributed by atoms with Crippen LogP contribution in [0.25, 0.3) is 0 Å². The van der Waals surface area contributed by atoms with Gasteiger partial charge in [-0.15, -0.1) is 0 Å². The Balaban J connectivity index is 0. The monoisotopic (exact) mass is 182 g/mol. The second-order valence-corrected chi connectivity index (χ2v) is 0. The van der Waals surface area contributed by atoms with Crippen LogP contribution in [0, 0.1) is 0 Å². The normalized spacial score (nSPS) is 0. The molecule has 0 saturated carbocycles. The van der Waals surface area contributed by atoms with Crippen molar-refractivity contribution in [3.63, 3.8) is 0 Å². The Morgan fingerprint density at radius 1 is 0.667 bits per heavy atom. The van der Waals surface area contributed by atoms with Gasteiger partial charge in [0.2, 0.25) is 0 Å². The summed E-state index contributed by atoms with van der Waals surface area (Å²) < 4.78 is 0. The summed E-state index contributed by atoms with van der Waals surface area (Å²) in [7, 11) is 0. The van der Waals surface area contributed by atoms with E-state index in [1.807, 2.05) is 0 Å². The molecule has 0 aliphatic carbocycles. The van der Waals surface area contributed by atoms with E-state index in [0.717, 1.165) is 0 Å². The van der Waals surface area contributed by atoms with Crippen molar-refractivity contribution in [2.75, 3.05) is 0 Å². The molecule has 0 aromatic heterocycles. The molecule has 0 amide bonds. The van der Waals surface area contributed by atoms with Gasteiger partial charge in [-0.3, -0.25) is 0 Å². The molecule has 0 N–H and O–H groups in total. The molecule has 0 saturated heterocycles. The van der Waals surface area contributed by atoms with Crippen molar-refractivity contribution in [3.8, 4) is 0 Å². The average molecular weight is 182 g/mol. The molecule has 6 heavy (non-hydrogen) atoms. The van der Waals surface area contributed by atoms with E-state index in [-0.39, 0.29) is 95.8 Å². The molecule has 0 radical (unpaired) electrons. The number of hydrogen-bond donors (Lipinski definition) is 0. The fourth-order valence-electron chi connectivity index (χ4n) is 0. The van der Waals surface area contributed by atoms with Gasteiger partial charge in [0.15, 0.2) is 0 Å². The number of rotatable bonds is 0. The minimum atomic E-state index is 0. The van der Waals surface area contributed by atoms with Crippen molar-refractivity contribution in [1.82, 2.24) is 0 Å². The van der Waals surface area contributed by atoms with Crippen LogP contribution in [0.15, 0.2) is 0 Å². The summed E-state index contributed by atoms with van der Waals surface area (Å²) in [5, 5.41) is 0. The van der Waals surface area contributed by atoms with Crippen molar-refractivity contribution in [3.05, 3.63) is 0 Å². The molecule has 0 atom stereocenters. The van der Waals surface area contributed by atoms with E-state index in [0.29, 0.717) is 0 Å². The Bertz CT molecular complexity index is 10.8. The average Bonchev–Trinajstić information content (AvgIpc) is 0. The van der Waals surface area contributed by atoms with Crippen LogP contribution in [0.4, 0.5) is 0 Å². The second-order valence-electron chi connectivity index (χ2n) is 0. The standard InChI is InChI=1S/Al.3FH.Li.Sr.3H/h;3*1H;;;;;/q+3;;;;;;;;/p-3. The van der Waals surface area contributed by atoms with Gasteiger partial charge in [0.05, 0.1) is 0 Å². The first-order chi connectivity index (χ1) is 0. The zero-order valence-corrected chi connectivity index (χ0v) is 2.87. The van der Waals surface area contributed by atoms with Gasteiger partial charge in [-0.05, 0) is 0 Å². The first-order valence-electron chi connectivity index (χ1n) is 0. The van der Waals surface area contributed by atoms with E-state index in [2.05, 4.69) is 0 Å². The third-order valence-corrected chi connectivity index (χ3v) is 0. The maximum atomic E-state index is 0. The van der Waals surface area contributed by atoms with E-state index in [1.165, 1.54) is 0 Å². The van der Waals surface area contributed by atoms with Gasteiger partial charge in [0.1, 0.15) is 0 Å². The van der Waals surface area contributed by atoms with Crippen LogP contribution in [-0.4, -0.2) is 81.7 Å².